The quantitative estimate of drug-likeness (QED) is 0.675. The molecule has 0 amide bonds. The average Bonchev–Trinajstić information content (AvgIpc) is 2.29. The maximum Gasteiger partial charge on any atom is 0.0914 e. The maximum absolute atomic E-state index is 6.16. The van der Waals surface area contributed by atoms with Crippen LogP contribution in [0.4, 0.5) is 5.69 Å². The molecule has 17 heavy (non-hydrogen) atoms. The lowest BCUT2D eigenvalue weighted by Crippen LogP contribution is -2.08. The molecule has 0 saturated heterocycles. The summed E-state index contributed by atoms with van der Waals surface area (Å²) in [5.74, 6) is 5.50. The third-order valence-electron chi connectivity index (χ3n) is 2.33. The normalized spacial score (nSPS) is 10.8. The van der Waals surface area contributed by atoms with Crippen LogP contribution in [-0.4, -0.2) is 12.1 Å². The number of anilines is 1. The molecule has 0 aliphatic rings. The van der Waals surface area contributed by atoms with Crippen LogP contribution in [0.25, 0.3) is 10.9 Å². The minimum Gasteiger partial charge on any atom is -0.378 e. The van der Waals surface area contributed by atoms with Gasteiger partial charge in [0.2, 0.25) is 0 Å². The van der Waals surface area contributed by atoms with Gasteiger partial charge in [0.1, 0.15) is 0 Å². The number of rotatable bonds is 3. The van der Waals surface area contributed by atoms with Gasteiger partial charge in [-0.25, -0.2) is 4.98 Å². The summed E-state index contributed by atoms with van der Waals surface area (Å²) in [5, 5.41) is 1.44. The highest BCUT2D eigenvalue weighted by molar-refractivity contribution is 9.10. The topological polar surface area (TPSA) is 60.2 Å². The fourth-order valence-corrected chi connectivity index (χ4v) is 2.50. The zero-order chi connectivity index (χ0) is 12.4. The van der Waals surface area contributed by atoms with Gasteiger partial charge in [0.25, 0.3) is 0 Å². The van der Waals surface area contributed by atoms with E-state index >= 15 is 0 Å². The Kier molecular flexibility index (Phi) is 3.83. The highest BCUT2D eigenvalue weighted by Gasteiger charge is 2.09. The van der Waals surface area contributed by atoms with Crippen LogP contribution in [0.3, 0.4) is 0 Å². The van der Waals surface area contributed by atoms with Crippen molar-refractivity contribution in [2.24, 2.45) is 5.84 Å². The van der Waals surface area contributed by atoms with E-state index in [1.807, 2.05) is 12.1 Å². The van der Waals surface area contributed by atoms with Crippen LogP contribution in [0.15, 0.2) is 22.7 Å². The Hall–Kier alpha value is -0.880. The van der Waals surface area contributed by atoms with Gasteiger partial charge in [0.15, 0.2) is 0 Å². The van der Waals surface area contributed by atoms with Crippen molar-refractivity contribution in [2.75, 3.05) is 12.5 Å². The van der Waals surface area contributed by atoms with Crippen molar-refractivity contribution in [1.82, 2.24) is 4.98 Å². The van der Waals surface area contributed by atoms with Crippen LogP contribution in [0.1, 0.15) is 5.69 Å². The first-order chi connectivity index (χ1) is 8.15. The van der Waals surface area contributed by atoms with E-state index in [-0.39, 0.29) is 0 Å². The van der Waals surface area contributed by atoms with E-state index in [0.29, 0.717) is 17.1 Å². The minimum atomic E-state index is 0.414. The van der Waals surface area contributed by atoms with Gasteiger partial charge >= 0.3 is 0 Å². The molecular formula is C11H11BrClN3O. The average molecular weight is 317 g/mol. The SMILES string of the molecule is COCc1cc(NN)c2cc(Br)cc(Cl)c2n1. The zero-order valence-corrected chi connectivity index (χ0v) is 11.5. The molecular weight excluding hydrogens is 305 g/mol. The van der Waals surface area contributed by atoms with E-state index in [9.17, 15) is 0 Å². The number of nitrogens with two attached hydrogens (primary N) is 1. The molecule has 0 unspecified atom stereocenters. The zero-order valence-electron chi connectivity index (χ0n) is 9.13. The number of ether oxygens (including phenoxy) is 1. The van der Waals surface area contributed by atoms with E-state index in [4.69, 9.17) is 22.2 Å². The molecule has 0 spiro atoms. The summed E-state index contributed by atoms with van der Waals surface area (Å²) >= 11 is 9.55. The van der Waals surface area contributed by atoms with Crippen LogP contribution < -0.4 is 11.3 Å². The van der Waals surface area contributed by atoms with Crippen molar-refractivity contribution in [1.29, 1.82) is 0 Å². The van der Waals surface area contributed by atoms with E-state index in [1.54, 1.807) is 13.2 Å². The van der Waals surface area contributed by atoms with Crippen LogP contribution in [0, 0.1) is 0 Å². The van der Waals surface area contributed by atoms with E-state index in [1.165, 1.54) is 0 Å². The molecule has 0 aliphatic heterocycles. The molecule has 0 aliphatic carbocycles. The lowest BCUT2D eigenvalue weighted by atomic mass is 10.1. The number of halogens is 2. The summed E-state index contributed by atoms with van der Waals surface area (Å²) in [5.41, 5.74) is 4.90. The summed E-state index contributed by atoms with van der Waals surface area (Å²) in [6, 6.07) is 5.56. The summed E-state index contributed by atoms with van der Waals surface area (Å²) in [6.07, 6.45) is 0. The first-order valence-corrected chi connectivity index (χ1v) is 6.07. The van der Waals surface area contributed by atoms with Gasteiger partial charge in [0, 0.05) is 17.0 Å². The molecule has 2 aromatic rings. The van der Waals surface area contributed by atoms with Crippen molar-refractivity contribution in [2.45, 2.75) is 6.61 Å². The molecule has 0 bridgehead atoms. The molecule has 0 atom stereocenters. The number of benzene rings is 1. The Morgan fingerprint density at radius 2 is 2.24 bits per heavy atom. The number of hydrogen-bond donors (Lipinski definition) is 2. The van der Waals surface area contributed by atoms with Gasteiger partial charge in [0.05, 0.1) is 28.5 Å². The van der Waals surface area contributed by atoms with Crippen molar-refractivity contribution >= 4 is 44.1 Å². The first kappa shape index (κ1) is 12.6. The minimum absolute atomic E-state index is 0.414. The smallest absolute Gasteiger partial charge is 0.0914 e. The van der Waals surface area contributed by atoms with E-state index in [2.05, 4.69) is 26.3 Å². The molecule has 6 heteroatoms. The summed E-state index contributed by atoms with van der Waals surface area (Å²) < 4.78 is 5.94. The fraction of sp³-hybridized carbons (Fsp3) is 0.182. The number of aromatic nitrogens is 1. The second-order valence-corrected chi connectivity index (χ2v) is 4.85. The van der Waals surface area contributed by atoms with Crippen LogP contribution >= 0.6 is 27.5 Å². The largest absolute Gasteiger partial charge is 0.378 e. The third-order valence-corrected chi connectivity index (χ3v) is 3.08. The third kappa shape index (κ3) is 2.52. The number of hydrogen-bond acceptors (Lipinski definition) is 4. The first-order valence-electron chi connectivity index (χ1n) is 4.90. The second-order valence-electron chi connectivity index (χ2n) is 3.52. The van der Waals surface area contributed by atoms with Crippen molar-refractivity contribution in [3.63, 3.8) is 0 Å². The van der Waals surface area contributed by atoms with Gasteiger partial charge < -0.3 is 10.2 Å². The monoisotopic (exact) mass is 315 g/mol. The predicted molar refractivity (Wildman–Crippen MR) is 73.0 cm³/mol. The van der Waals surface area contributed by atoms with Gasteiger partial charge in [-0.1, -0.05) is 27.5 Å². The van der Waals surface area contributed by atoms with Crippen LogP contribution in [-0.2, 0) is 11.3 Å². The molecule has 1 aromatic carbocycles. The number of pyridine rings is 1. The molecule has 1 heterocycles. The summed E-state index contributed by atoms with van der Waals surface area (Å²) in [4.78, 5) is 4.44. The Bertz CT molecular complexity index is 562. The number of methoxy groups -OCH3 is 1. The van der Waals surface area contributed by atoms with Crippen LogP contribution in [0.2, 0.25) is 5.02 Å². The van der Waals surface area contributed by atoms with E-state index < -0.39 is 0 Å². The maximum atomic E-state index is 6.16. The molecule has 4 nitrogen and oxygen atoms in total. The Balaban J connectivity index is 2.73. The van der Waals surface area contributed by atoms with Gasteiger partial charge in [-0.05, 0) is 18.2 Å². The molecule has 0 fully saturated rings. The van der Waals surface area contributed by atoms with Crippen molar-refractivity contribution in [3.05, 3.63) is 33.4 Å². The fourth-order valence-electron chi connectivity index (χ4n) is 1.65. The van der Waals surface area contributed by atoms with E-state index in [0.717, 1.165) is 21.2 Å². The summed E-state index contributed by atoms with van der Waals surface area (Å²) in [6.45, 7) is 0.414. The van der Waals surface area contributed by atoms with Gasteiger partial charge in [-0.2, -0.15) is 0 Å². The number of nitrogens with zero attached hydrogens (tertiary/aromatic N) is 1. The number of hydrazine groups is 1. The molecule has 0 radical (unpaired) electrons. The lowest BCUT2D eigenvalue weighted by molar-refractivity contribution is 0.182. The standard InChI is InChI=1S/C11H11BrClN3O/c1-17-5-7-4-10(16-14)8-2-6(12)3-9(13)11(8)15-7/h2-4H,5,14H2,1H3,(H,15,16). The molecule has 3 N–H and O–H groups in total. The Labute approximate surface area is 112 Å². The molecule has 90 valence electrons. The highest BCUT2D eigenvalue weighted by atomic mass is 79.9. The van der Waals surface area contributed by atoms with Gasteiger partial charge in [-0.3, -0.25) is 5.84 Å². The second kappa shape index (κ2) is 5.18. The van der Waals surface area contributed by atoms with Crippen LogP contribution in [0.5, 0.6) is 0 Å². The Morgan fingerprint density at radius 3 is 2.88 bits per heavy atom. The highest BCUT2D eigenvalue weighted by Crippen LogP contribution is 2.31. The number of fused-ring (bicyclic) bond motifs is 1. The van der Waals surface area contributed by atoms with Gasteiger partial charge in [-0.15, -0.1) is 0 Å². The predicted octanol–water partition coefficient (Wildman–Crippen LogP) is 3.08. The molecule has 2 rings (SSSR count). The number of nitrogens with one attached hydrogen (secondary N) is 1. The lowest BCUT2D eigenvalue weighted by Gasteiger charge is -2.10. The van der Waals surface area contributed by atoms with Crippen molar-refractivity contribution in [3.8, 4) is 0 Å². The molecule has 1 aromatic heterocycles. The Morgan fingerprint density at radius 1 is 1.47 bits per heavy atom. The summed E-state index contributed by atoms with van der Waals surface area (Å²) in [7, 11) is 1.62. The van der Waals surface area contributed by atoms with Crippen molar-refractivity contribution < 1.29 is 4.74 Å². The molecule has 0 saturated carbocycles. The number of nitrogen functional groups attached to an aromatic ring is 1.